The summed E-state index contributed by atoms with van der Waals surface area (Å²) < 4.78 is 9.97. The molecule has 0 saturated heterocycles. The summed E-state index contributed by atoms with van der Waals surface area (Å²) in [5, 5.41) is 7.34. The van der Waals surface area contributed by atoms with Gasteiger partial charge in [0.2, 0.25) is 5.89 Å². The standard InChI is InChI=1S/C6H5N3O2.C2H6/c1-4-8-9-6(11-4)5-7-2-3-10-5;1-2/h2-3H,1H3;1-2H3. The van der Waals surface area contributed by atoms with E-state index in [4.69, 9.17) is 8.83 Å². The summed E-state index contributed by atoms with van der Waals surface area (Å²) in [6.45, 7) is 5.71. The lowest BCUT2D eigenvalue weighted by molar-refractivity contribution is 0.491. The van der Waals surface area contributed by atoms with Crippen LogP contribution in [0.5, 0.6) is 0 Å². The van der Waals surface area contributed by atoms with Crippen LogP contribution in [0, 0.1) is 6.92 Å². The molecular formula is C8H11N3O2. The van der Waals surface area contributed by atoms with Gasteiger partial charge in [0.05, 0.1) is 6.20 Å². The van der Waals surface area contributed by atoms with Gasteiger partial charge in [0.25, 0.3) is 5.89 Å². The van der Waals surface area contributed by atoms with Crippen LogP contribution in [-0.2, 0) is 0 Å². The van der Waals surface area contributed by atoms with Crippen molar-refractivity contribution in [1.29, 1.82) is 0 Å². The number of nitrogens with zero attached hydrogens (tertiary/aromatic N) is 3. The lowest BCUT2D eigenvalue weighted by Crippen LogP contribution is -1.75. The van der Waals surface area contributed by atoms with E-state index < -0.39 is 0 Å². The van der Waals surface area contributed by atoms with Crippen molar-refractivity contribution in [2.24, 2.45) is 0 Å². The zero-order valence-corrected chi connectivity index (χ0v) is 7.81. The maximum absolute atomic E-state index is 5.05. The Balaban J connectivity index is 0.000000396. The van der Waals surface area contributed by atoms with Gasteiger partial charge in [-0.3, -0.25) is 0 Å². The monoisotopic (exact) mass is 181 g/mol. The van der Waals surface area contributed by atoms with Gasteiger partial charge < -0.3 is 8.83 Å². The smallest absolute Gasteiger partial charge is 0.304 e. The molecule has 0 amide bonds. The highest BCUT2D eigenvalue weighted by atomic mass is 16.4. The van der Waals surface area contributed by atoms with Crippen molar-refractivity contribution in [3.05, 3.63) is 18.4 Å². The van der Waals surface area contributed by atoms with Crippen LogP contribution in [0.25, 0.3) is 11.8 Å². The normalized spacial score (nSPS) is 9.15. The predicted octanol–water partition coefficient (Wildman–Crippen LogP) is 2.06. The number of aryl methyl sites for hydroxylation is 1. The highest BCUT2D eigenvalue weighted by molar-refractivity contribution is 5.34. The van der Waals surface area contributed by atoms with E-state index in [1.54, 1.807) is 6.92 Å². The average molecular weight is 181 g/mol. The average Bonchev–Trinajstić information content (AvgIpc) is 2.77. The van der Waals surface area contributed by atoms with Crippen molar-refractivity contribution in [3.63, 3.8) is 0 Å². The molecule has 2 rings (SSSR count). The fraction of sp³-hybridized carbons (Fsp3) is 0.375. The molecule has 5 nitrogen and oxygen atoms in total. The molecule has 0 aliphatic rings. The number of hydrogen-bond donors (Lipinski definition) is 0. The molecule has 0 radical (unpaired) electrons. The minimum absolute atomic E-state index is 0.312. The number of rotatable bonds is 1. The fourth-order valence-corrected chi connectivity index (χ4v) is 0.712. The summed E-state index contributed by atoms with van der Waals surface area (Å²) >= 11 is 0. The molecule has 5 heteroatoms. The Morgan fingerprint density at radius 3 is 2.38 bits per heavy atom. The molecule has 2 aromatic heterocycles. The first-order valence-corrected chi connectivity index (χ1v) is 4.06. The molecule has 0 saturated carbocycles. The number of oxazole rings is 1. The minimum atomic E-state index is 0.312. The van der Waals surface area contributed by atoms with Gasteiger partial charge in [0, 0.05) is 6.92 Å². The summed E-state index contributed by atoms with van der Waals surface area (Å²) in [7, 11) is 0. The minimum Gasteiger partial charge on any atom is -0.441 e. The molecule has 0 atom stereocenters. The third kappa shape index (κ3) is 2.14. The highest BCUT2D eigenvalue weighted by Gasteiger charge is 2.08. The Labute approximate surface area is 75.8 Å². The van der Waals surface area contributed by atoms with E-state index in [0.717, 1.165) is 0 Å². The van der Waals surface area contributed by atoms with Gasteiger partial charge in [-0.05, 0) is 0 Å². The third-order valence-electron chi connectivity index (χ3n) is 1.14. The lowest BCUT2D eigenvalue weighted by Gasteiger charge is -1.80. The van der Waals surface area contributed by atoms with Crippen molar-refractivity contribution in [2.75, 3.05) is 0 Å². The molecule has 2 aromatic rings. The Morgan fingerprint density at radius 2 is 1.92 bits per heavy atom. The van der Waals surface area contributed by atoms with E-state index in [1.807, 2.05) is 13.8 Å². The molecule has 13 heavy (non-hydrogen) atoms. The van der Waals surface area contributed by atoms with E-state index >= 15 is 0 Å². The van der Waals surface area contributed by atoms with E-state index in [2.05, 4.69) is 15.2 Å². The molecule has 70 valence electrons. The van der Waals surface area contributed by atoms with Gasteiger partial charge in [-0.1, -0.05) is 13.8 Å². The first-order chi connectivity index (χ1) is 6.36. The maximum atomic E-state index is 5.05. The van der Waals surface area contributed by atoms with Gasteiger partial charge in [-0.15, -0.1) is 10.2 Å². The quantitative estimate of drug-likeness (QED) is 0.673. The zero-order chi connectivity index (χ0) is 9.68. The van der Waals surface area contributed by atoms with Crippen molar-refractivity contribution in [1.82, 2.24) is 15.2 Å². The van der Waals surface area contributed by atoms with Crippen LogP contribution < -0.4 is 0 Å². The van der Waals surface area contributed by atoms with E-state index in [0.29, 0.717) is 17.7 Å². The van der Waals surface area contributed by atoms with Crippen LogP contribution in [0.4, 0.5) is 0 Å². The molecule has 0 N–H and O–H groups in total. The second-order valence-electron chi connectivity index (χ2n) is 1.96. The number of hydrogen-bond acceptors (Lipinski definition) is 5. The third-order valence-corrected chi connectivity index (χ3v) is 1.14. The Morgan fingerprint density at radius 1 is 1.15 bits per heavy atom. The molecule has 0 fully saturated rings. The molecule has 0 spiro atoms. The van der Waals surface area contributed by atoms with Crippen molar-refractivity contribution in [3.8, 4) is 11.8 Å². The molecule has 0 unspecified atom stereocenters. The lowest BCUT2D eigenvalue weighted by atomic mass is 10.7. The van der Waals surface area contributed by atoms with Gasteiger partial charge >= 0.3 is 5.89 Å². The first kappa shape index (κ1) is 9.44. The van der Waals surface area contributed by atoms with Gasteiger partial charge in [-0.25, -0.2) is 4.98 Å². The SMILES string of the molecule is CC.Cc1nnc(-c2ncco2)o1. The van der Waals surface area contributed by atoms with Crippen molar-refractivity contribution >= 4 is 0 Å². The summed E-state index contributed by atoms with van der Waals surface area (Å²) in [6.07, 6.45) is 2.98. The van der Waals surface area contributed by atoms with Gasteiger partial charge in [-0.2, -0.15) is 0 Å². The first-order valence-electron chi connectivity index (χ1n) is 4.06. The van der Waals surface area contributed by atoms with E-state index in [1.165, 1.54) is 12.5 Å². The summed E-state index contributed by atoms with van der Waals surface area (Å²) in [4.78, 5) is 3.84. The maximum Gasteiger partial charge on any atom is 0.304 e. The van der Waals surface area contributed by atoms with Crippen LogP contribution in [0.15, 0.2) is 21.3 Å². The Bertz CT molecular complexity index is 340. The van der Waals surface area contributed by atoms with Crippen molar-refractivity contribution in [2.45, 2.75) is 20.8 Å². The van der Waals surface area contributed by atoms with Crippen molar-refractivity contribution < 1.29 is 8.83 Å². The largest absolute Gasteiger partial charge is 0.441 e. The molecule has 0 aliphatic carbocycles. The molecule has 0 aliphatic heterocycles. The van der Waals surface area contributed by atoms with Crippen LogP contribution in [0.3, 0.4) is 0 Å². The summed E-state index contributed by atoms with van der Waals surface area (Å²) in [5.74, 6) is 1.16. The predicted molar refractivity (Wildman–Crippen MR) is 45.9 cm³/mol. The van der Waals surface area contributed by atoms with Gasteiger partial charge in [0.15, 0.2) is 0 Å². The Kier molecular flexibility index (Phi) is 3.19. The van der Waals surface area contributed by atoms with Crippen LogP contribution in [-0.4, -0.2) is 15.2 Å². The second-order valence-corrected chi connectivity index (χ2v) is 1.96. The summed E-state index contributed by atoms with van der Waals surface area (Å²) in [5.41, 5.74) is 0. The van der Waals surface area contributed by atoms with Gasteiger partial charge in [0.1, 0.15) is 6.26 Å². The number of aromatic nitrogens is 3. The van der Waals surface area contributed by atoms with E-state index in [9.17, 15) is 0 Å². The highest BCUT2D eigenvalue weighted by Crippen LogP contribution is 2.13. The van der Waals surface area contributed by atoms with E-state index in [-0.39, 0.29) is 0 Å². The molecule has 0 bridgehead atoms. The zero-order valence-electron chi connectivity index (χ0n) is 7.81. The van der Waals surface area contributed by atoms with Crippen LogP contribution in [0.2, 0.25) is 0 Å². The van der Waals surface area contributed by atoms with Crippen LogP contribution >= 0.6 is 0 Å². The summed E-state index contributed by atoms with van der Waals surface area (Å²) in [6, 6.07) is 0. The fourth-order valence-electron chi connectivity index (χ4n) is 0.712. The molecule has 2 heterocycles. The molecule has 0 aromatic carbocycles. The topological polar surface area (TPSA) is 65.0 Å². The van der Waals surface area contributed by atoms with Crippen LogP contribution in [0.1, 0.15) is 19.7 Å². The molecular weight excluding hydrogens is 170 g/mol. The Hall–Kier alpha value is -1.65. The second kappa shape index (κ2) is 4.39.